The highest BCUT2D eigenvalue weighted by Gasteiger charge is 2.29. The Labute approximate surface area is 209 Å². The van der Waals surface area contributed by atoms with E-state index in [1.807, 2.05) is 0 Å². The standard InChI is InChI=1S/C29H31F3N2O2/c1-19-13-20(5-7-25(19)30)14-22-17-24(33-28(35)9-12-34-10-3-2-4-11-34)18-23(29(22)36)15-21-6-8-26(31)27(32)16-21/h5-8,13-16,24H,2-4,9-12,17-18H2,1H3,(H,33,35)/b22-14+,23-15+. The predicted molar refractivity (Wildman–Crippen MR) is 135 cm³/mol. The van der Waals surface area contributed by atoms with Crippen LogP contribution in [0.4, 0.5) is 13.2 Å². The normalized spacial score (nSPS) is 21.2. The molecule has 1 saturated carbocycles. The van der Waals surface area contributed by atoms with Crippen molar-refractivity contribution in [1.82, 2.24) is 10.2 Å². The molecule has 0 aromatic heterocycles. The second-order valence-electron chi connectivity index (χ2n) is 9.68. The van der Waals surface area contributed by atoms with Crippen molar-refractivity contribution in [2.45, 2.75) is 51.5 Å². The zero-order chi connectivity index (χ0) is 25.7. The Morgan fingerprint density at radius 1 is 0.917 bits per heavy atom. The number of nitrogens with zero attached hydrogens (tertiary/aromatic N) is 1. The van der Waals surface area contributed by atoms with Crippen LogP contribution in [0.25, 0.3) is 12.2 Å². The van der Waals surface area contributed by atoms with Crippen LogP contribution >= 0.6 is 0 Å². The molecular formula is C29H31F3N2O2. The van der Waals surface area contributed by atoms with E-state index < -0.39 is 11.6 Å². The quantitative estimate of drug-likeness (QED) is 0.530. The molecule has 2 aliphatic rings. The first-order chi connectivity index (χ1) is 17.3. The molecule has 36 heavy (non-hydrogen) atoms. The number of piperidine rings is 1. The Morgan fingerprint density at radius 2 is 1.53 bits per heavy atom. The minimum absolute atomic E-state index is 0.0796. The number of likely N-dealkylation sites (tertiary alicyclic amines) is 1. The van der Waals surface area contributed by atoms with Crippen molar-refractivity contribution >= 4 is 23.8 Å². The SMILES string of the molecule is Cc1cc(/C=C2\CC(NC(=O)CCN3CCCCC3)C/C(=C\c3ccc(F)c(F)c3)C2=O)ccc1F. The average Bonchev–Trinajstić information content (AvgIpc) is 2.86. The highest BCUT2D eigenvalue weighted by molar-refractivity contribution is 6.14. The van der Waals surface area contributed by atoms with Gasteiger partial charge < -0.3 is 10.2 Å². The van der Waals surface area contributed by atoms with Crippen molar-refractivity contribution in [3.05, 3.63) is 81.7 Å². The summed E-state index contributed by atoms with van der Waals surface area (Å²) in [5.41, 5.74) is 2.39. The van der Waals surface area contributed by atoms with E-state index in [1.54, 1.807) is 31.2 Å². The topological polar surface area (TPSA) is 49.4 Å². The number of carbonyl (C=O) groups is 2. The lowest BCUT2D eigenvalue weighted by atomic mass is 9.83. The first-order valence-electron chi connectivity index (χ1n) is 12.5. The molecule has 1 saturated heterocycles. The molecule has 1 amide bonds. The maximum Gasteiger partial charge on any atom is 0.221 e. The molecule has 1 heterocycles. The van der Waals surface area contributed by atoms with Crippen molar-refractivity contribution in [3.8, 4) is 0 Å². The third-order valence-corrected chi connectivity index (χ3v) is 6.79. The van der Waals surface area contributed by atoms with E-state index >= 15 is 0 Å². The summed E-state index contributed by atoms with van der Waals surface area (Å²) in [6.45, 7) is 4.37. The smallest absolute Gasteiger partial charge is 0.221 e. The Kier molecular flexibility index (Phi) is 8.41. The molecule has 2 fully saturated rings. The van der Waals surface area contributed by atoms with E-state index in [-0.39, 0.29) is 30.0 Å². The zero-order valence-corrected chi connectivity index (χ0v) is 20.5. The molecule has 1 unspecified atom stereocenters. The van der Waals surface area contributed by atoms with Crippen LogP contribution in [0.15, 0.2) is 47.5 Å². The first-order valence-corrected chi connectivity index (χ1v) is 12.5. The molecule has 4 nitrogen and oxygen atoms in total. The molecule has 2 aromatic rings. The second-order valence-corrected chi connectivity index (χ2v) is 9.68. The molecule has 4 rings (SSSR count). The van der Waals surface area contributed by atoms with Gasteiger partial charge in [-0.3, -0.25) is 9.59 Å². The summed E-state index contributed by atoms with van der Waals surface area (Å²) in [5.74, 6) is -2.58. The zero-order valence-electron chi connectivity index (χ0n) is 20.5. The van der Waals surface area contributed by atoms with Crippen molar-refractivity contribution in [2.75, 3.05) is 19.6 Å². The molecule has 0 bridgehead atoms. The van der Waals surface area contributed by atoms with Gasteiger partial charge in [0.05, 0.1) is 0 Å². The fourth-order valence-corrected chi connectivity index (χ4v) is 4.85. The molecular weight excluding hydrogens is 465 g/mol. The number of hydrogen-bond acceptors (Lipinski definition) is 3. The summed E-state index contributed by atoms with van der Waals surface area (Å²) in [6, 6.07) is 7.77. The van der Waals surface area contributed by atoms with Crippen molar-refractivity contribution in [1.29, 1.82) is 0 Å². The van der Waals surface area contributed by atoms with Crippen LogP contribution in [0.2, 0.25) is 0 Å². The van der Waals surface area contributed by atoms with Crippen LogP contribution in [0.3, 0.4) is 0 Å². The number of amides is 1. The Bertz CT molecular complexity index is 1130. The van der Waals surface area contributed by atoms with Crippen molar-refractivity contribution < 1.29 is 22.8 Å². The molecule has 190 valence electrons. The largest absolute Gasteiger partial charge is 0.353 e. The maximum atomic E-state index is 13.8. The van der Waals surface area contributed by atoms with E-state index in [0.29, 0.717) is 47.2 Å². The summed E-state index contributed by atoms with van der Waals surface area (Å²) in [5, 5.41) is 3.06. The lowest BCUT2D eigenvalue weighted by Gasteiger charge is -2.28. The Balaban J connectivity index is 1.55. The number of rotatable bonds is 6. The van der Waals surface area contributed by atoms with Crippen molar-refractivity contribution in [3.63, 3.8) is 0 Å². The molecule has 2 aromatic carbocycles. The van der Waals surface area contributed by atoms with Gasteiger partial charge in [-0.1, -0.05) is 18.6 Å². The number of benzene rings is 2. The minimum atomic E-state index is -0.993. The van der Waals surface area contributed by atoms with Gasteiger partial charge in [-0.25, -0.2) is 13.2 Å². The maximum absolute atomic E-state index is 13.8. The third-order valence-electron chi connectivity index (χ3n) is 6.79. The summed E-state index contributed by atoms with van der Waals surface area (Å²) in [7, 11) is 0. The molecule has 1 aliphatic heterocycles. The van der Waals surface area contributed by atoms with E-state index in [0.717, 1.165) is 38.1 Å². The van der Waals surface area contributed by atoms with Crippen LogP contribution < -0.4 is 5.32 Å². The predicted octanol–water partition coefficient (Wildman–Crippen LogP) is 5.60. The van der Waals surface area contributed by atoms with Gasteiger partial charge in [-0.2, -0.15) is 0 Å². The van der Waals surface area contributed by atoms with Crippen LogP contribution in [0.5, 0.6) is 0 Å². The van der Waals surface area contributed by atoms with E-state index in [2.05, 4.69) is 10.2 Å². The van der Waals surface area contributed by atoms with E-state index in [9.17, 15) is 22.8 Å². The third kappa shape index (κ3) is 6.72. The number of halogens is 3. The number of hydrogen-bond donors (Lipinski definition) is 1. The van der Waals surface area contributed by atoms with Gasteiger partial charge >= 0.3 is 0 Å². The molecule has 0 radical (unpaired) electrons. The summed E-state index contributed by atoms with van der Waals surface area (Å²) >= 11 is 0. The number of Topliss-reactive ketones (excluding diaryl/α,β-unsaturated/α-hetero) is 1. The molecule has 1 atom stereocenters. The van der Waals surface area contributed by atoms with E-state index in [4.69, 9.17) is 0 Å². The first kappa shape index (κ1) is 25.9. The van der Waals surface area contributed by atoms with Gasteiger partial charge in [0.1, 0.15) is 5.82 Å². The number of aryl methyl sites for hydroxylation is 1. The van der Waals surface area contributed by atoms with Crippen LogP contribution in [0, 0.1) is 24.4 Å². The highest BCUT2D eigenvalue weighted by atomic mass is 19.2. The van der Waals surface area contributed by atoms with Gasteiger partial charge in [0.2, 0.25) is 5.91 Å². The van der Waals surface area contributed by atoms with Gasteiger partial charge in [0.15, 0.2) is 17.4 Å². The molecule has 7 heteroatoms. The van der Waals surface area contributed by atoms with Gasteiger partial charge in [0.25, 0.3) is 0 Å². The minimum Gasteiger partial charge on any atom is -0.353 e. The summed E-state index contributed by atoms with van der Waals surface area (Å²) in [6.07, 6.45) is 7.79. The van der Waals surface area contributed by atoms with E-state index in [1.165, 1.54) is 18.6 Å². The van der Waals surface area contributed by atoms with Gasteiger partial charge in [-0.15, -0.1) is 0 Å². The molecule has 1 N–H and O–H groups in total. The Morgan fingerprint density at radius 3 is 2.14 bits per heavy atom. The summed E-state index contributed by atoms with van der Waals surface area (Å²) in [4.78, 5) is 28.3. The lowest BCUT2D eigenvalue weighted by Crippen LogP contribution is -2.41. The monoisotopic (exact) mass is 496 g/mol. The number of carbonyl (C=O) groups excluding carboxylic acids is 2. The molecule has 1 aliphatic carbocycles. The van der Waals surface area contributed by atoms with Crippen LogP contribution in [0.1, 0.15) is 55.2 Å². The van der Waals surface area contributed by atoms with Gasteiger partial charge in [-0.05, 0) is 98.8 Å². The Hall–Kier alpha value is -3.19. The molecule has 0 spiro atoms. The van der Waals surface area contributed by atoms with Crippen molar-refractivity contribution in [2.24, 2.45) is 0 Å². The lowest BCUT2D eigenvalue weighted by molar-refractivity contribution is -0.122. The fraction of sp³-hybridized carbons (Fsp3) is 0.379. The number of ketones is 1. The highest BCUT2D eigenvalue weighted by Crippen LogP contribution is 2.29. The van der Waals surface area contributed by atoms with Crippen LogP contribution in [-0.2, 0) is 9.59 Å². The van der Waals surface area contributed by atoms with Gasteiger partial charge in [0, 0.05) is 30.2 Å². The van der Waals surface area contributed by atoms with Crippen LogP contribution in [-0.4, -0.2) is 42.3 Å². The summed E-state index contributed by atoms with van der Waals surface area (Å²) < 4.78 is 40.9. The number of nitrogens with one attached hydrogen (secondary N) is 1. The fourth-order valence-electron chi connectivity index (χ4n) is 4.85. The second kappa shape index (κ2) is 11.7. The average molecular weight is 497 g/mol.